The molecule has 1 fully saturated rings. The zero-order valence-corrected chi connectivity index (χ0v) is 16.9. The highest BCUT2D eigenvalue weighted by Gasteiger charge is 2.27. The molecule has 150 valence electrons. The number of aryl methyl sites for hydroxylation is 3. The molecule has 1 saturated heterocycles. The third-order valence-corrected chi connectivity index (χ3v) is 5.83. The summed E-state index contributed by atoms with van der Waals surface area (Å²) in [7, 11) is 0. The van der Waals surface area contributed by atoms with Crippen molar-refractivity contribution in [3.63, 3.8) is 0 Å². The van der Waals surface area contributed by atoms with E-state index in [1.165, 1.54) is 11.3 Å². The van der Waals surface area contributed by atoms with E-state index in [1.807, 2.05) is 22.7 Å². The van der Waals surface area contributed by atoms with Gasteiger partial charge in [-0.3, -0.25) is 9.48 Å². The number of hydrogen-bond acceptors (Lipinski definition) is 5. The molecule has 2 aromatic heterocycles. The van der Waals surface area contributed by atoms with Crippen LogP contribution >= 0.6 is 0 Å². The summed E-state index contributed by atoms with van der Waals surface area (Å²) in [4.78, 5) is 24.2. The summed E-state index contributed by atoms with van der Waals surface area (Å²) in [5, 5.41) is 7.84. The number of aromatic nitrogens is 4. The van der Waals surface area contributed by atoms with Gasteiger partial charge in [-0.15, -0.1) is 0 Å². The number of carbonyl (C=O) groups excluding carboxylic acids is 1. The minimum atomic E-state index is 0.244. The monoisotopic (exact) mass is 382 g/mol. The Morgan fingerprint density at radius 1 is 1.36 bits per heavy atom. The molecule has 7 nitrogen and oxygen atoms in total. The molecule has 1 unspecified atom stereocenters. The lowest BCUT2D eigenvalue weighted by molar-refractivity contribution is -0.132. The molecule has 4 rings (SSSR count). The van der Waals surface area contributed by atoms with Gasteiger partial charge in [0.05, 0.1) is 5.69 Å². The first-order chi connectivity index (χ1) is 13.6. The van der Waals surface area contributed by atoms with E-state index in [0.717, 1.165) is 75.6 Å². The van der Waals surface area contributed by atoms with Crippen LogP contribution in [-0.4, -0.2) is 50.2 Å². The number of piperidine rings is 1. The highest BCUT2D eigenvalue weighted by molar-refractivity contribution is 5.76. The number of rotatable bonds is 5. The number of hydrogen-bond donors (Lipinski definition) is 1. The number of nitrogens with one attached hydrogen (secondary N) is 1. The Morgan fingerprint density at radius 3 is 3.07 bits per heavy atom. The van der Waals surface area contributed by atoms with Crippen LogP contribution in [0.15, 0.2) is 12.3 Å². The van der Waals surface area contributed by atoms with Crippen LogP contribution in [0.5, 0.6) is 0 Å². The second-order valence-corrected chi connectivity index (χ2v) is 8.06. The Morgan fingerprint density at radius 2 is 2.25 bits per heavy atom. The molecule has 4 heterocycles. The van der Waals surface area contributed by atoms with E-state index in [1.54, 1.807) is 0 Å². The maximum atomic E-state index is 12.7. The van der Waals surface area contributed by atoms with Gasteiger partial charge in [-0.2, -0.15) is 5.10 Å². The van der Waals surface area contributed by atoms with Crippen LogP contribution in [0.1, 0.15) is 60.1 Å². The highest BCUT2D eigenvalue weighted by atomic mass is 16.2. The van der Waals surface area contributed by atoms with Crippen molar-refractivity contribution in [3.8, 4) is 0 Å². The number of nitrogens with zero attached hydrogens (tertiary/aromatic N) is 5. The quantitative estimate of drug-likeness (QED) is 0.857. The summed E-state index contributed by atoms with van der Waals surface area (Å²) in [5.41, 5.74) is 4.58. The summed E-state index contributed by atoms with van der Waals surface area (Å²) in [6.07, 6.45) is 6.42. The SMILES string of the molecule is Cc1cc(C)n(CCCC(=O)N2CCCC(c3ncc4c(n3)CCNC4)C2)n1. The van der Waals surface area contributed by atoms with Crippen molar-refractivity contribution in [2.24, 2.45) is 0 Å². The molecule has 2 aromatic rings. The fourth-order valence-corrected chi connectivity index (χ4v) is 4.30. The molecule has 0 bridgehead atoms. The molecule has 1 amide bonds. The maximum Gasteiger partial charge on any atom is 0.222 e. The molecular formula is C21H30N6O. The lowest BCUT2D eigenvalue weighted by Crippen LogP contribution is -2.39. The van der Waals surface area contributed by atoms with Crippen molar-refractivity contribution in [2.45, 2.75) is 65.0 Å². The molecule has 2 aliphatic rings. The molecule has 7 heteroatoms. The summed E-state index contributed by atoms with van der Waals surface area (Å²) in [5.74, 6) is 1.42. The average molecular weight is 383 g/mol. The first-order valence-corrected chi connectivity index (χ1v) is 10.4. The van der Waals surface area contributed by atoms with E-state index in [2.05, 4.69) is 28.4 Å². The van der Waals surface area contributed by atoms with Gasteiger partial charge in [0, 0.05) is 74.6 Å². The lowest BCUT2D eigenvalue weighted by atomic mass is 9.96. The first-order valence-electron chi connectivity index (χ1n) is 10.4. The topological polar surface area (TPSA) is 75.9 Å². The van der Waals surface area contributed by atoms with Crippen molar-refractivity contribution in [1.29, 1.82) is 0 Å². The van der Waals surface area contributed by atoms with Crippen LogP contribution in [-0.2, 0) is 24.3 Å². The van der Waals surface area contributed by atoms with Crippen molar-refractivity contribution in [3.05, 3.63) is 40.7 Å². The standard InChI is InChI=1S/C21H30N6O/c1-15-11-16(2)27(25-15)10-4-6-20(28)26-9-3-5-17(14-26)21-23-13-18-12-22-8-7-19(18)24-21/h11,13,17,22H,3-10,12,14H2,1-2H3. The molecule has 0 aliphatic carbocycles. The summed E-state index contributed by atoms with van der Waals surface area (Å²) in [6.45, 7) is 8.30. The van der Waals surface area contributed by atoms with Crippen LogP contribution in [0.4, 0.5) is 0 Å². The molecule has 28 heavy (non-hydrogen) atoms. The van der Waals surface area contributed by atoms with Crippen LogP contribution in [0, 0.1) is 13.8 Å². The number of amides is 1. The predicted molar refractivity (Wildman–Crippen MR) is 107 cm³/mol. The second kappa shape index (κ2) is 8.39. The first kappa shape index (κ1) is 19.1. The van der Waals surface area contributed by atoms with E-state index < -0.39 is 0 Å². The minimum Gasteiger partial charge on any atom is -0.342 e. The number of carbonyl (C=O) groups is 1. The highest BCUT2D eigenvalue weighted by Crippen LogP contribution is 2.26. The van der Waals surface area contributed by atoms with Crippen molar-refractivity contribution in [1.82, 2.24) is 30.0 Å². The molecule has 2 aliphatic heterocycles. The van der Waals surface area contributed by atoms with Gasteiger partial charge >= 0.3 is 0 Å². The zero-order valence-electron chi connectivity index (χ0n) is 16.9. The van der Waals surface area contributed by atoms with E-state index >= 15 is 0 Å². The van der Waals surface area contributed by atoms with E-state index in [4.69, 9.17) is 4.98 Å². The third kappa shape index (κ3) is 4.24. The van der Waals surface area contributed by atoms with Gasteiger partial charge in [-0.1, -0.05) is 0 Å². The van der Waals surface area contributed by atoms with Crippen LogP contribution in [0.25, 0.3) is 0 Å². The average Bonchev–Trinajstić information content (AvgIpc) is 3.04. The van der Waals surface area contributed by atoms with Gasteiger partial charge < -0.3 is 10.2 Å². The van der Waals surface area contributed by atoms with Gasteiger partial charge in [0.25, 0.3) is 0 Å². The molecule has 1 N–H and O–H groups in total. The van der Waals surface area contributed by atoms with Crippen molar-refractivity contribution < 1.29 is 4.79 Å². The molecule has 0 spiro atoms. The summed E-state index contributed by atoms with van der Waals surface area (Å²) >= 11 is 0. The Bertz CT molecular complexity index is 845. The van der Waals surface area contributed by atoms with E-state index in [0.29, 0.717) is 6.42 Å². The zero-order chi connectivity index (χ0) is 19.5. The maximum absolute atomic E-state index is 12.7. The fraction of sp³-hybridized carbons (Fsp3) is 0.619. The van der Waals surface area contributed by atoms with Crippen LogP contribution in [0.3, 0.4) is 0 Å². The second-order valence-electron chi connectivity index (χ2n) is 8.06. The molecule has 0 radical (unpaired) electrons. The normalized spacial score (nSPS) is 19.5. The number of likely N-dealkylation sites (tertiary alicyclic amines) is 1. The Kier molecular flexibility index (Phi) is 5.71. The van der Waals surface area contributed by atoms with E-state index in [-0.39, 0.29) is 11.8 Å². The lowest BCUT2D eigenvalue weighted by Gasteiger charge is -2.32. The third-order valence-electron chi connectivity index (χ3n) is 5.83. The summed E-state index contributed by atoms with van der Waals surface area (Å²) < 4.78 is 2.00. The van der Waals surface area contributed by atoms with Gasteiger partial charge in [0.2, 0.25) is 5.91 Å². The molecule has 0 aromatic carbocycles. The van der Waals surface area contributed by atoms with Crippen molar-refractivity contribution in [2.75, 3.05) is 19.6 Å². The van der Waals surface area contributed by atoms with Gasteiger partial charge in [0.15, 0.2) is 0 Å². The minimum absolute atomic E-state index is 0.244. The van der Waals surface area contributed by atoms with Crippen molar-refractivity contribution >= 4 is 5.91 Å². The number of fused-ring (bicyclic) bond motifs is 1. The molecular weight excluding hydrogens is 352 g/mol. The Hall–Kier alpha value is -2.28. The molecule has 0 saturated carbocycles. The van der Waals surface area contributed by atoms with Crippen LogP contribution < -0.4 is 5.32 Å². The van der Waals surface area contributed by atoms with Gasteiger partial charge in [-0.05, 0) is 39.2 Å². The Balaban J connectivity index is 1.33. The predicted octanol–water partition coefficient (Wildman–Crippen LogP) is 2.12. The fourth-order valence-electron chi connectivity index (χ4n) is 4.30. The smallest absolute Gasteiger partial charge is 0.222 e. The summed E-state index contributed by atoms with van der Waals surface area (Å²) in [6, 6.07) is 2.08. The van der Waals surface area contributed by atoms with Gasteiger partial charge in [-0.25, -0.2) is 9.97 Å². The molecule has 1 atom stereocenters. The largest absolute Gasteiger partial charge is 0.342 e. The van der Waals surface area contributed by atoms with Gasteiger partial charge in [0.1, 0.15) is 5.82 Å². The Labute approximate surface area is 166 Å². The van der Waals surface area contributed by atoms with E-state index in [9.17, 15) is 4.79 Å². The van der Waals surface area contributed by atoms with Crippen LogP contribution in [0.2, 0.25) is 0 Å².